The Morgan fingerprint density at radius 3 is 2.62 bits per heavy atom. The Hall–Kier alpha value is -5.20. The molecule has 1 unspecified atom stereocenters. The van der Waals surface area contributed by atoms with E-state index in [1.54, 1.807) is 29.3 Å². The van der Waals surface area contributed by atoms with Crippen LogP contribution in [0.25, 0.3) is 31.9 Å². The topological polar surface area (TPSA) is 114 Å². The van der Waals surface area contributed by atoms with Gasteiger partial charge in [-0.15, -0.1) is 11.3 Å². The summed E-state index contributed by atoms with van der Waals surface area (Å²) in [6.07, 6.45) is 2.34. The zero-order valence-electron chi connectivity index (χ0n) is 26.1. The number of likely N-dealkylation sites (tertiary alicyclic amines) is 1. The van der Waals surface area contributed by atoms with Gasteiger partial charge in [0.15, 0.2) is 0 Å². The highest BCUT2D eigenvalue weighted by Gasteiger charge is 2.41. The second kappa shape index (κ2) is 13.5. The minimum atomic E-state index is -0.631. The molecule has 0 bridgehead atoms. The number of hydrogen-bond acceptors (Lipinski definition) is 9. The molecule has 0 saturated carbocycles. The van der Waals surface area contributed by atoms with Gasteiger partial charge >= 0.3 is 0 Å². The van der Waals surface area contributed by atoms with Crippen LogP contribution in [0.2, 0.25) is 0 Å². The molecular weight excluding hydrogens is 633 g/mol. The zero-order valence-corrected chi connectivity index (χ0v) is 27.0. The molecule has 4 heterocycles. The Morgan fingerprint density at radius 1 is 0.938 bits per heavy atom. The van der Waals surface area contributed by atoms with Gasteiger partial charge in [0.25, 0.3) is 11.8 Å². The fraction of sp³-hybridized carbons (Fsp3) is 0.250. The summed E-state index contributed by atoms with van der Waals surface area (Å²) in [4.78, 5) is 49.2. The molecule has 0 aliphatic carbocycles. The van der Waals surface area contributed by atoms with Gasteiger partial charge in [0.05, 0.1) is 23.4 Å². The van der Waals surface area contributed by atoms with E-state index in [0.717, 1.165) is 48.2 Å². The van der Waals surface area contributed by atoms with Crippen LogP contribution in [-0.2, 0) is 20.9 Å². The van der Waals surface area contributed by atoms with Crippen LogP contribution in [0.1, 0.15) is 28.8 Å². The lowest BCUT2D eigenvalue weighted by Crippen LogP contribution is -2.53. The maximum absolute atomic E-state index is 13.6. The summed E-state index contributed by atoms with van der Waals surface area (Å²) in [6.45, 7) is 2.04. The summed E-state index contributed by atoms with van der Waals surface area (Å²) in [5.74, 6) is 0.331. The number of amides is 3. The number of fused-ring (bicyclic) bond motifs is 2. The molecule has 5 aromatic rings. The number of aromatic nitrogens is 2. The summed E-state index contributed by atoms with van der Waals surface area (Å²) in [6, 6.07) is 21.4. The first kappa shape index (κ1) is 31.4. The smallest absolute Gasteiger partial charge is 0.255 e. The lowest BCUT2D eigenvalue weighted by atomic mass is 10.0. The van der Waals surface area contributed by atoms with Crippen molar-refractivity contribution in [3.63, 3.8) is 0 Å². The highest BCUT2D eigenvalue weighted by Crippen LogP contribution is 2.33. The van der Waals surface area contributed by atoms with Crippen molar-refractivity contribution in [1.29, 1.82) is 0 Å². The van der Waals surface area contributed by atoms with E-state index in [9.17, 15) is 18.8 Å². The number of halogens is 1. The number of ether oxygens (including phenoxy) is 2. The summed E-state index contributed by atoms with van der Waals surface area (Å²) < 4.78 is 26.0. The number of nitrogens with one attached hydrogen (secondary N) is 1. The number of imide groups is 1. The fourth-order valence-electron chi connectivity index (χ4n) is 5.95. The predicted molar refractivity (Wildman–Crippen MR) is 180 cm³/mol. The quantitative estimate of drug-likeness (QED) is 0.140. The molecule has 2 aromatic heterocycles. The molecule has 0 spiro atoms. The van der Waals surface area contributed by atoms with Crippen LogP contribution in [0.15, 0.2) is 79.0 Å². The summed E-state index contributed by atoms with van der Waals surface area (Å²) in [5, 5.41) is 4.14. The van der Waals surface area contributed by atoms with Gasteiger partial charge in [0.2, 0.25) is 5.91 Å². The van der Waals surface area contributed by atoms with E-state index in [2.05, 4.69) is 15.3 Å². The van der Waals surface area contributed by atoms with Crippen molar-refractivity contribution in [3.05, 3.63) is 95.9 Å². The number of likely N-dealkylation sites (N-methyl/N-ethyl adjacent to an activating group) is 1. The van der Waals surface area contributed by atoms with Crippen molar-refractivity contribution in [3.8, 4) is 27.4 Å². The molecule has 244 valence electrons. The highest BCUT2D eigenvalue weighted by atomic mass is 32.1. The van der Waals surface area contributed by atoms with E-state index in [1.165, 1.54) is 30.5 Å². The SMILES string of the molecule is CN1C(=O)CCC(N2Cc3cc(OCCOCCNc4cc(-c5ccc(-c6nc7ccc(F)cc7s6)cc5)ccn4)ccc3C2=O)C1=O. The Bertz CT molecular complexity index is 2020. The molecule has 7 rings (SSSR count). The van der Waals surface area contributed by atoms with Gasteiger partial charge in [0, 0.05) is 43.9 Å². The number of carbonyl (C=O) groups is 3. The van der Waals surface area contributed by atoms with Crippen LogP contribution in [0.3, 0.4) is 0 Å². The second-order valence-electron chi connectivity index (χ2n) is 11.6. The lowest BCUT2D eigenvalue weighted by Gasteiger charge is -2.33. The number of hydrogen-bond donors (Lipinski definition) is 1. The van der Waals surface area contributed by atoms with Crippen LogP contribution in [0.5, 0.6) is 5.75 Å². The first-order chi connectivity index (χ1) is 23.3. The van der Waals surface area contributed by atoms with Crippen molar-refractivity contribution < 1.29 is 28.2 Å². The number of rotatable bonds is 11. The molecule has 1 atom stereocenters. The molecule has 12 heteroatoms. The van der Waals surface area contributed by atoms with Crippen LogP contribution < -0.4 is 10.1 Å². The summed E-state index contributed by atoms with van der Waals surface area (Å²) >= 11 is 1.47. The zero-order chi connectivity index (χ0) is 33.2. The second-order valence-corrected chi connectivity index (χ2v) is 12.7. The molecule has 3 aromatic carbocycles. The Labute approximate surface area is 280 Å². The number of carbonyl (C=O) groups excluding carboxylic acids is 3. The monoisotopic (exact) mass is 665 g/mol. The maximum atomic E-state index is 13.6. The van der Waals surface area contributed by atoms with Gasteiger partial charge in [-0.2, -0.15) is 0 Å². The molecule has 1 N–H and O–H groups in total. The maximum Gasteiger partial charge on any atom is 0.255 e. The molecule has 1 fully saturated rings. The van der Waals surface area contributed by atoms with E-state index in [1.807, 2.05) is 42.5 Å². The number of nitrogens with zero attached hydrogens (tertiary/aromatic N) is 4. The van der Waals surface area contributed by atoms with Crippen LogP contribution in [0, 0.1) is 5.82 Å². The number of pyridine rings is 1. The van der Waals surface area contributed by atoms with Crippen molar-refractivity contribution in [2.24, 2.45) is 0 Å². The van der Waals surface area contributed by atoms with Gasteiger partial charge < -0.3 is 19.7 Å². The van der Waals surface area contributed by atoms with Crippen molar-refractivity contribution >= 4 is 45.1 Å². The third-order valence-electron chi connectivity index (χ3n) is 8.53. The Morgan fingerprint density at radius 2 is 1.77 bits per heavy atom. The van der Waals surface area contributed by atoms with E-state index in [0.29, 0.717) is 50.6 Å². The molecule has 10 nitrogen and oxygen atoms in total. The Balaban J connectivity index is 0.852. The normalized spacial score (nSPS) is 16.1. The largest absolute Gasteiger partial charge is 0.491 e. The molecule has 48 heavy (non-hydrogen) atoms. The van der Waals surface area contributed by atoms with Gasteiger partial charge in [-0.25, -0.2) is 14.4 Å². The van der Waals surface area contributed by atoms with Gasteiger partial charge in [-0.1, -0.05) is 24.3 Å². The number of thiazole rings is 1. The van der Waals surface area contributed by atoms with Crippen molar-refractivity contribution in [1.82, 2.24) is 19.8 Å². The molecule has 0 radical (unpaired) electrons. The summed E-state index contributed by atoms with van der Waals surface area (Å²) in [5.41, 5.74) is 5.18. The third-order valence-corrected chi connectivity index (χ3v) is 9.60. The number of piperidine rings is 1. The molecular formula is C36H32FN5O5S. The van der Waals surface area contributed by atoms with Gasteiger partial charge in [-0.3, -0.25) is 19.3 Å². The van der Waals surface area contributed by atoms with Crippen LogP contribution >= 0.6 is 11.3 Å². The molecule has 1 saturated heterocycles. The minimum absolute atomic E-state index is 0.202. The van der Waals surface area contributed by atoms with E-state index >= 15 is 0 Å². The molecule has 3 amide bonds. The number of anilines is 1. The van der Waals surface area contributed by atoms with E-state index in [4.69, 9.17) is 9.47 Å². The molecule has 2 aliphatic heterocycles. The van der Waals surface area contributed by atoms with Crippen LogP contribution in [0.4, 0.5) is 10.2 Å². The van der Waals surface area contributed by atoms with E-state index < -0.39 is 6.04 Å². The van der Waals surface area contributed by atoms with Crippen molar-refractivity contribution in [2.45, 2.75) is 25.4 Å². The standard InChI is InChI=1S/C36H32FN5O5S/c1-41-33(43)11-10-30(36(41)45)42-21-25-18-27(7-8-28(25)35(42)44)47-17-16-46-15-14-39-32-19-24(12-13-38-32)22-2-4-23(5-3-22)34-40-29-9-6-26(37)20-31(29)48-34/h2-9,12-13,18-20,30H,10-11,14-17,21H2,1H3,(H,38,39). The lowest BCUT2D eigenvalue weighted by molar-refractivity contribution is -0.150. The summed E-state index contributed by atoms with van der Waals surface area (Å²) in [7, 11) is 1.46. The first-order valence-corrected chi connectivity index (χ1v) is 16.5. The first-order valence-electron chi connectivity index (χ1n) is 15.7. The average molecular weight is 666 g/mol. The highest BCUT2D eigenvalue weighted by molar-refractivity contribution is 7.21. The predicted octanol–water partition coefficient (Wildman–Crippen LogP) is 5.78. The van der Waals surface area contributed by atoms with Gasteiger partial charge in [0.1, 0.15) is 35.0 Å². The van der Waals surface area contributed by atoms with Gasteiger partial charge in [-0.05, 0) is 71.6 Å². The van der Waals surface area contributed by atoms with E-state index in [-0.39, 0.29) is 30.0 Å². The average Bonchev–Trinajstić information content (AvgIpc) is 3.67. The number of benzene rings is 3. The van der Waals surface area contributed by atoms with Crippen molar-refractivity contribution in [2.75, 3.05) is 38.7 Å². The minimum Gasteiger partial charge on any atom is -0.491 e. The van der Waals surface area contributed by atoms with Crippen LogP contribution in [-0.4, -0.2) is 76.9 Å². The Kier molecular flexibility index (Phi) is 8.83. The molecule has 2 aliphatic rings. The fourth-order valence-corrected chi connectivity index (χ4v) is 6.95. The third kappa shape index (κ3) is 6.49.